The number of carbonyl (C=O) groups is 3. The van der Waals surface area contributed by atoms with Gasteiger partial charge < -0.3 is 19.8 Å². The molecule has 0 spiro atoms. The predicted molar refractivity (Wildman–Crippen MR) is 152 cm³/mol. The van der Waals surface area contributed by atoms with Crippen molar-refractivity contribution in [2.24, 2.45) is 5.92 Å². The summed E-state index contributed by atoms with van der Waals surface area (Å²) in [7, 11) is 1.28. The SMILES string of the molecule is COC(=O)c1nc(C2CCC(C(=O)NCCNC(=O)c3cn(-c4ccccc4)nc3C(F)(F)F)CC2)oc1-c1ccccc1. The van der Waals surface area contributed by atoms with E-state index in [1.165, 1.54) is 7.11 Å². The molecule has 13 heteroatoms. The fourth-order valence-corrected chi connectivity index (χ4v) is 5.20. The topological polar surface area (TPSA) is 128 Å². The number of hydrogen-bond donors (Lipinski definition) is 2. The van der Waals surface area contributed by atoms with Gasteiger partial charge in [0.15, 0.2) is 23.0 Å². The number of nitrogens with one attached hydrogen (secondary N) is 2. The molecule has 0 aliphatic heterocycles. The average Bonchev–Trinajstić information content (AvgIpc) is 3.70. The van der Waals surface area contributed by atoms with E-state index in [9.17, 15) is 27.6 Å². The molecule has 2 amide bonds. The number of alkyl halides is 3. The number of para-hydroxylation sites is 1. The number of esters is 1. The van der Waals surface area contributed by atoms with Gasteiger partial charge in [0.05, 0.1) is 18.4 Å². The fraction of sp³-hybridized carbons (Fsp3) is 0.323. The standard InChI is InChI=1S/C31H30F3N5O5/c1-43-30(42)24-25(19-8-4-2-5-9-19)44-29(37-24)21-14-12-20(13-15-21)27(40)35-16-17-36-28(41)23-18-39(22-10-6-3-7-11-22)38-26(23)31(32,33)34/h2-11,18,20-21H,12-17H2,1H3,(H,35,40)(H,36,41). The van der Waals surface area contributed by atoms with Crippen molar-refractivity contribution in [1.29, 1.82) is 0 Å². The van der Waals surface area contributed by atoms with Crippen LogP contribution in [0.3, 0.4) is 0 Å². The third-order valence-corrected chi connectivity index (χ3v) is 7.46. The van der Waals surface area contributed by atoms with Crippen molar-refractivity contribution in [1.82, 2.24) is 25.4 Å². The monoisotopic (exact) mass is 609 g/mol. The van der Waals surface area contributed by atoms with Crippen molar-refractivity contribution in [2.75, 3.05) is 20.2 Å². The van der Waals surface area contributed by atoms with Crippen molar-refractivity contribution >= 4 is 17.8 Å². The second-order valence-electron chi connectivity index (χ2n) is 10.4. The van der Waals surface area contributed by atoms with Crippen LogP contribution in [0.15, 0.2) is 71.3 Å². The van der Waals surface area contributed by atoms with Gasteiger partial charge in [-0.1, -0.05) is 48.5 Å². The lowest BCUT2D eigenvalue weighted by Gasteiger charge is -2.26. The van der Waals surface area contributed by atoms with E-state index in [0.717, 1.165) is 10.9 Å². The number of carbonyl (C=O) groups excluding carboxylic acids is 3. The third kappa shape index (κ3) is 6.82. The molecule has 230 valence electrons. The largest absolute Gasteiger partial charge is 0.464 e. The summed E-state index contributed by atoms with van der Waals surface area (Å²) in [6.45, 7) is -0.0239. The van der Waals surface area contributed by atoms with Crippen LogP contribution >= 0.6 is 0 Å². The number of benzene rings is 2. The Labute approximate surface area is 250 Å². The number of aromatic nitrogens is 3. The van der Waals surface area contributed by atoms with Gasteiger partial charge in [-0.25, -0.2) is 14.5 Å². The molecule has 0 bridgehead atoms. The lowest BCUT2D eigenvalue weighted by atomic mass is 9.81. The summed E-state index contributed by atoms with van der Waals surface area (Å²) in [4.78, 5) is 42.2. The first-order valence-corrected chi connectivity index (χ1v) is 14.1. The van der Waals surface area contributed by atoms with E-state index in [0.29, 0.717) is 48.6 Å². The maximum absolute atomic E-state index is 13.6. The number of oxazole rings is 1. The first-order chi connectivity index (χ1) is 21.2. The van der Waals surface area contributed by atoms with Gasteiger partial charge in [0.1, 0.15) is 0 Å². The van der Waals surface area contributed by atoms with Gasteiger partial charge in [-0.05, 0) is 37.8 Å². The molecule has 1 fully saturated rings. The molecule has 1 aliphatic rings. The van der Waals surface area contributed by atoms with Crippen LogP contribution in [0.5, 0.6) is 0 Å². The van der Waals surface area contributed by atoms with Crippen molar-refractivity contribution in [3.8, 4) is 17.0 Å². The van der Waals surface area contributed by atoms with E-state index >= 15 is 0 Å². The van der Waals surface area contributed by atoms with Gasteiger partial charge in [-0.3, -0.25) is 9.59 Å². The lowest BCUT2D eigenvalue weighted by molar-refractivity contribution is -0.141. The van der Waals surface area contributed by atoms with Crippen molar-refractivity contribution in [3.05, 3.63) is 89.7 Å². The van der Waals surface area contributed by atoms with Gasteiger partial charge in [0.2, 0.25) is 5.91 Å². The summed E-state index contributed by atoms with van der Waals surface area (Å²) in [5.74, 6) is -1.37. The zero-order valence-electron chi connectivity index (χ0n) is 23.8. The molecule has 0 radical (unpaired) electrons. The number of methoxy groups -OCH3 is 1. The molecule has 10 nitrogen and oxygen atoms in total. The molecule has 0 atom stereocenters. The first-order valence-electron chi connectivity index (χ1n) is 14.1. The van der Waals surface area contributed by atoms with Gasteiger partial charge in [-0.15, -0.1) is 0 Å². The summed E-state index contributed by atoms with van der Waals surface area (Å²) in [5.41, 5.74) is -0.720. The van der Waals surface area contributed by atoms with E-state index in [1.54, 1.807) is 30.3 Å². The number of halogens is 3. The molecule has 1 saturated carbocycles. The second-order valence-corrected chi connectivity index (χ2v) is 10.4. The molecular formula is C31H30F3N5O5. The lowest BCUT2D eigenvalue weighted by Crippen LogP contribution is -2.38. The molecule has 4 aromatic rings. The highest BCUT2D eigenvalue weighted by atomic mass is 19.4. The number of amides is 2. The van der Waals surface area contributed by atoms with E-state index in [2.05, 4.69) is 20.7 Å². The molecule has 2 aromatic heterocycles. The van der Waals surface area contributed by atoms with Crippen LogP contribution in [0.1, 0.15) is 64.0 Å². The van der Waals surface area contributed by atoms with Crippen LogP contribution in [0.2, 0.25) is 0 Å². The van der Waals surface area contributed by atoms with Crippen molar-refractivity contribution < 1.29 is 36.7 Å². The highest BCUT2D eigenvalue weighted by Gasteiger charge is 2.39. The van der Waals surface area contributed by atoms with Gasteiger partial charge in [-0.2, -0.15) is 18.3 Å². The number of nitrogens with zero attached hydrogens (tertiary/aromatic N) is 3. The van der Waals surface area contributed by atoms with Crippen LogP contribution in [0.4, 0.5) is 13.2 Å². The molecule has 44 heavy (non-hydrogen) atoms. The molecule has 5 rings (SSSR count). The molecular weight excluding hydrogens is 579 g/mol. The van der Waals surface area contributed by atoms with E-state index in [1.807, 2.05) is 30.3 Å². The Morgan fingerprint density at radius 2 is 1.59 bits per heavy atom. The Morgan fingerprint density at radius 3 is 2.23 bits per heavy atom. The predicted octanol–water partition coefficient (Wildman–Crippen LogP) is 5.15. The molecule has 0 saturated heterocycles. The number of hydrogen-bond acceptors (Lipinski definition) is 7. The van der Waals surface area contributed by atoms with Gasteiger partial charge >= 0.3 is 12.1 Å². The summed E-state index contributed by atoms with van der Waals surface area (Å²) in [5, 5.41) is 8.76. The van der Waals surface area contributed by atoms with Crippen LogP contribution in [-0.4, -0.2) is 52.7 Å². The zero-order valence-corrected chi connectivity index (χ0v) is 23.8. The van der Waals surface area contributed by atoms with E-state index < -0.39 is 29.3 Å². The highest BCUT2D eigenvalue weighted by Crippen LogP contribution is 2.38. The molecule has 0 unspecified atom stereocenters. The van der Waals surface area contributed by atoms with E-state index in [-0.39, 0.29) is 36.5 Å². The van der Waals surface area contributed by atoms with Gasteiger partial charge in [0.25, 0.3) is 5.91 Å². The van der Waals surface area contributed by atoms with Crippen LogP contribution < -0.4 is 10.6 Å². The number of rotatable bonds is 9. The molecule has 2 aromatic carbocycles. The Kier molecular flexibility index (Phi) is 9.12. The average molecular weight is 610 g/mol. The second kappa shape index (κ2) is 13.1. The zero-order chi connectivity index (χ0) is 31.3. The Morgan fingerprint density at radius 1 is 0.955 bits per heavy atom. The summed E-state index contributed by atoms with van der Waals surface area (Å²) in [6, 6.07) is 17.3. The third-order valence-electron chi connectivity index (χ3n) is 7.46. The summed E-state index contributed by atoms with van der Waals surface area (Å²) < 4.78 is 52.7. The van der Waals surface area contributed by atoms with Crippen molar-refractivity contribution in [2.45, 2.75) is 37.8 Å². The molecule has 1 aliphatic carbocycles. The minimum Gasteiger partial charge on any atom is -0.464 e. The minimum atomic E-state index is -4.82. The fourth-order valence-electron chi connectivity index (χ4n) is 5.20. The maximum atomic E-state index is 13.6. The van der Waals surface area contributed by atoms with Crippen molar-refractivity contribution in [3.63, 3.8) is 0 Å². The highest BCUT2D eigenvalue weighted by molar-refractivity contribution is 5.95. The first kappa shape index (κ1) is 30.5. The van der Waals surface area contributed by atoms with Crippen LogP contribution in [0.25, 0.3) is 17.0 Å². The normalized spacial score (nSPS) is 16.7. The number of ether oxygens (including phenoxy) is 1. The smallest absolute Gasteiger partial charge is 0.435 e. The summed E-state index contributed by atoms with van der Waals surface area (Å²) >= 11 is 0. The van der Waals surface area contributed by atoms with Gasteiger partial charge in [0, 0.05) is 36.7 Å². The Hall–Kier alpha value is -4.94. The summed E-state index contributed by atoms with van der Waals surface area (Å²) in [6.07, 6.45) is -1.48. The van der Waals surface area contributed by atoms with E-state index in [4.69, 9.17) is 9.15 Å². The van der Waals surface area contributed by atoms with Crippen LogP contribution in [0, 0.1) is 5.92 Å². The molecule has 2 N–H and O–H groups in total. The van der Waals surface area contributed by atoms with Crippen LogP contribution in [-0.2, 0) is 15.7 Å². The minimum absolute atomic E-state index is 0.0430. The maximum Gasteiger partial charge on any atom is 0.435 e. The molecule has 2 heterocycles. The quantitative estimate of drug-likeness (QED) is 0.198. The Balaban J connectivity index is 1.13. The Bertz CT molecular complexity index is 1610.